The van der Waals surface area contributed by atoms with E-state index in [2.05, 4.69) is 123 Å². The lowest BCUT2D eigenvalue weighted by molar-refractivity contribution is -0.154. The van der Waals surface area contributed by atoms with Gasteiger partial charge in [0.2, 0.25) is 0 Å². The Kier molecular flexibility index (Phi) is 43.5. The summed E-state index contributed by atoms with van der Waals surface area (Å²) in [6.45, 7) is 3.19. The Bertz CT molecular complexity index is 1290. The molecule has 60 heavy (non-hydrogen) atoms. The van der Waals surface area contributed by atoms with E-state index in [1.165, 1.54) is 32.1 Å². The molecule has 0 saturated heterocycles. The van der Waals surface area contributed by atoms with Gasteiger partial charge in [-0.1, -0.05) is 162 Å². The number of carbonyl (C=O) groups excluding carboxylic acids is 1. The Labute approximate surface area is 365 Å². The van der Waals surface area contributed by atoms with Gasteiger partial charge >= 0.3 is 13.8 Å². The Morgan fingerprint density at radius 1 is 0.517 bits per heavy atom. The van der Waals surface area contributed by atoms with Crippen LogP contribution in [0.2, 0.25) is 0 Å². The molecule has 0 saturated carbocycles. The number of allylic oxidation sites excluding steroid dienone is 18. The van der Waals surface area contributed by atoms with E-state index in [1.807, 2.05) is 0 Å². The molecule has 3 N–H and O–H groups in total. The van der Waals surface area contributed by atoms with Crippen molar-refractivity contribution in [3.05, 3.63) is 109 Å². The summed E-state index contributed by atoms with van der Waals surface area (Å²) < 4.78 is 33.4. The summed E-state index contributed by atoms with van der Waals surface area (Å²) in [5.41, 5.74) is 0. The van der Waals surface area contributed by atoms with Crippen LogP contribution in [0.4, 0.5) is 0 Å². The number of carbonyl (C=O) groups is 1. The van der Waals surface area contributed by atoms with Crippen LogP contribution in [0.1, 0.15) is 155 Å². The maximum absolute atomic E-state index is 12.6. The zero-order chi connectivity index (χ0) is 43.9. The van der Waals surface area contributed by atoms with E-state index in [1.54, 1.807) is 0 Å². The van der Waals surface area contributed by atoms with Crippen molar-refractivity contribution in [2.45, 2.75) is 167 Å². The molecule has 0 aliphatic carbocycles. The molecule has 0 aliphatic heterocycles. The summed E-state index contributed by atoms with van der Waals surface area (Å²) in [6.07, 6.45) is 59.1. The van der Waals surface area contributed by atoms with Gasteiger partial charge in [-0.15, -0.1) is 0 Å². The highest BCUT2D eigenvalue weighted by molar-refractivity contribution is 7.47. The maximum Gasteiger partial charge on any atom is 0.472 e. The summed E-state index contributed by atoms with van der Waals surface area (Å²) in [4.78, 5) is 22.6. The molecule has 10 heteroatoms. The van der Waals surface area contributed by atoms with Crippen molar-refractivity contribution in [2.75, 3.05) is 33.0 Å². The molecule has 3 atom stereocenters. The van der Waals surface area contributed by atoms with Gasteiger partial charge in [-0.3, -0.25) is 13.8 Å². The second-order valence-corrected chi connectivity index (χ2v) is 16.1. The van der Waals surface area contributed by atoms with Gasteiger partial charge in [-0.25, -0.2) is 4.57 Å². The molecule has 0 bridgehead atoms. The van der Waals surface area contributed by atoms with Crippen LogP contribution >= 0.6 is 7.82 Å². The van der Waals surface area contributed by atoms with Crippen molar-refractivity contribution in [1.29, 1.82) is 0 Å². The average molecular weight is 859 g/mol. The van der Waals surface area contributed by atoms with Gasteiger partial charge in [-0.05, 0) is 96.3 Å². The van der Waals surface area contributed by atoms with E-state index >= 15 is 0 Å². The Morgan fingerprint density at radius 3 is 1.35 bits per heavy atom. The number of unbranched alkanes of at least 4 members (excludes halogenated alkanes) is 10. The Balaban J connectivity index is 4.28. The third-order valence-electron chi connectivity index (χ3n) is 8.95. The van der Waals surface area contributed by atoms with E-state index in [-0.39, 0.29) is 13.0 Å². The first-order valence-electron chi connectivity index (χ1n) is 22.9. The zero-order valence-corrected chi connectivity index (χ0v) is 38.3. The lowest BCUT2D eigenvalue weighted by atomic mass is 10.1. The monoisotopic (exact) mass is 859 g/mol. The fourth-order valence-electron chi connectivity index (χ4n) is 5.55. The van der Waals surface area contributed by atoms with E-state index < -0.39 is 45.8 Å². The van der Waals surface area contributed by atoms with E-state index in [4.69, 9.17) is 23.6 Å². The second-order valence-electron chi connectivity index (χ2n) is 14.7. The van der Waals surface area contributed by atoms with E-state index in [0.29, 0.717) is 13.0 Å². The summed E-state index contributed by atoms with van der Waals surface area (Å²) in [7, 11) is -4.54. The smallest absolute Gasteiger partial charge is 0.457 e. The van der Waals surface area contributed by atoms with Gasteiger partial charge < -0.3 is 24.6 Å². The lowest BCUT2D eigenvalue weighted by Gasteiger charge is -2.20. The summed E-state index contributed by atoms with van der Waals surface area (Å²) in [5, 5.41) is 18.4. The second kappa shape index (κ2) is 45.6. The van der Waals surface area contributed by atoms with Crippen LogP contribution in [0, 0.1) is 0 Å². The van der Waals surface area contributed by atoms with Crippen molar-refractivity contribution in [3.8, 4) is 0 Å². The average Bonchev–Trinajstić information content (AvgIpc) is 3.24. The van der Waals surface area contributed by atoms with Crippen LogP contribution in [0.25, 0.3) is 0 Å². The van der Waals surface area contributed by atoms with Crippen LogP contribution in [-0.2, 0) is 27.9 Å². The van der Waals surface area contributed by atoms with Gasteiger partial charge in [-0.2, -0.15) is 0 Å². The fraction of sp³-hybridized carbons (Fsp3) is 0.620. The van der Waals surface area contributed by atoms with Crippen molar-refractivity contribution < 1.29 is 43.0 Å². The number of rotatable bonds is 42. The number of aliphatic hydroxyl groups is 2. The third-order valence-corrected chi connectivity index (χ3v) is 9.90. The van der Waals surface area contributed by atoms with E-state index in [0.717, 1.165) is 96.3 Å². The minimum absolute atomic E-state index is 0.0184. The third kappa shape index (κ3) is 44.7. The topological polar surface area (TPSA) is 132 Å². The summed E-state index contributed by atoms with van der Waals surface area (Å²) in [6, 6.07) is 0. The molecule has 0 fully saturated rings. The molecule has 0 amide bonds. The number of aliphatic hydroxyl groups excluding tert-OH is 2. The first-order valence-corrected chi connectivity index (χ1v) is 24.4. The Hall–Kier alpha value is -2.88. The molecule has 0 spiro atoms. The predicted molar refractivity (Wildman–Crippen MR) is 251 cm³/mol. The number of hydrogen-bond acceptors (Lipinski definition) is 8. The van der Waals surface area contributed by atoms with Crippen molar-refractivity contribution >= 4 is 13.8 Å². The number of phosphoric acid groups is 1. The quantitative estimate of drug-likeness (QED) is 0.0238. The van der Waals surface area contributed by atoms with Gasteiger partial charge in [0, 0.05) is 13.0 Å². The zero-order valence-electron chi connectivity index (χ0n) is 37.4. The molecule has 0 heterocycles. The highest BCUT2D eigenvalue weighted by Gasteiger charge is 2.26. The predicted octanol–water partition coefficient (Wildman–Crippen LogP) is 13.0. The summed E-state index contributed by atoms with van der Waals surface area (Å²) >= 11 is 0. The molecule has 0 aliphatic rings. The number of phosphoric ester groups is 1. The molecule has 342 valence electrons. The molecular formula is C50H83O9P. The molecule has 0 aromatic rings. The Morgan fingerprint density at radius 2 is 0.900 bits per heavy atom. The van der Waals surface area contributed by atoms with Gasteiger partial charge in [0.05, 0.1) is 26.4 Å². The largest absolute Gasteiger partial charge is 0.472 e. The first kappa shape index (κ1) is 57.1. The molecule has 0 aromatic carbocycles. The molecular weight excluding hydrogens is 776 g/mol. The highest BCUT2D eigenvalue weighted by atomic mass is 31.2. The number of esters is 1. The highest BCUT2D eigenvalue weighted by Crippen LogP contribution is 2.43. The van der Waals surface area contributed by atoms with Crippen molar-refractivity contribution in [1.82, 2.24) is 0 Å². The normalized spacial score (nSPS) is 14.9. The van der Waals surface area contributed by atoms with Gasteiger partial charge in [0.1, 0.15) is 12.2 Å². The van der Waals surface area contributed by atoms with Crippen LogP contribution in [0.3, 0.4) is 0 Å². The molecule has 0 rings (SSSR count). The van der Waals surface area contributed by atoms with Crippen molar-refractivity contribution in [2.24, 2.45) is 0 Å². The molecule has 9 nitrogen and oxygen atoms in total. The fourth-order valence-corrected chi connectivity index (χ4v) is 6.34. The maximum atomic E-state index is 12.6. The summed E-state index contributed by atoms with van der Waals surface area (Å²) in [5.74, 6) is -0.432. The molecule has 0 aromatic heterocycles. The van der Waals surface area contributed by atoms with Crippen molar-refractivity contribution in [3.63, 3.8) is 0 Å². The minimum Gasteiger partial charge on any atom is -0.457 e. The number of ether oxygens (including phenoxy) is 2. The number of hydrogen-bond donors (Lipinski definition) is 3. The van der Waals surface area contributed by atoms with Crippen LogP contribution in [0.15, 0.2) is 109 Å². The first-order chi connectivity index (χ1) is 29.3. The van der Waals surface area contributed by atoms with E-state index in [9.17, 15) is 19.4 Å². The molecule has 0 radical (unpaired) electrons. The van der Waals surface area contributed by atoms with Gasteiger partial charge in [0.15, 0.2) is 0 Å². The lowest BCUT2D eigenvalue weighted by Crippen LogP contribution is -2.29. The van der Waals surface area contributed by atoms with Crippen LogP contribution in [0.5, 0.6) is 0 Å². The standard InChI is InChI=1S/C50H83O9P/c1-3-5-7-9-11-13-15-17-19-21-23-24-25-26-28-30-32-34-36-38-40-42-50(53)59-49(47-58-60(54,55)57-45-48(52)44-51)46-56-43-41-39-37-35-33-31-29-27-22-20-18-16-14-12-10-8-6-4-2/h5-8,11-14,17-20,23-24,26,28,32,34,48-49,51-52H,3-4,9-10,15-16,21-22,25,27,29-31,33,35-47H2,1-2H3,(H,54,55)/b7-5-,8-6-,13-11-,14-12-,19-17-,20-18-,24-23-,28-26-,34-32-. The van der Waals surface area contributed by atoms with Crippen LogP contribution < -0.4 is 0 Å². The van der Waals surface area contributed by atoms with Gasteiger partial charge in [0.25, 0.3) is 0 Å². The minimum atomic E-state index is -4.54. The van der Waals surface area contributed by atoms with Crippen LogP contribution in [-0.4, -0.2) is 66.3 Å². The molecule has 3 unspecified atom stereocenters. The SMILES string of the molecule is CC/C=C\C/C=C\C/C=C\C/C=C\C/C=C\C/C=C\CCCCC(=O)OC(COCCCCCCCCCC/C=C\C/C=C\C/C=C\CC)COP(=O)(O)OCC(O)CO.